The third kappa shape index (κ3) is 4.09. The Balaban J connectivity index is 1.99. The Morgan fingerprint density at radius 3 is 2.79 bits per heavy atom. The maximum absolute atomic E-state index is 13.0. The van der Waals surface area contributed by atoms with E-state index in [9.17, 15) is 23.2 Å². The number of pyridine rings is 1. The monoisotopic (exact) mass is 388 g/mol. The van der Waals surface area contributed by atoms with Gasteiger partial charge in [0.1, 0.15) is 17.5 Å². The van der Waals surface area contributed by atoms with E-state index < -0.39 is 11.7 Å². The predicted molar refractivity (Wildman–Crippen MR) is 95.2 cm³/mol. The topological polar surface area (TPSA) is 107 Å². The third-order valence-corrected chi connectivity index (χ3v) is 4.01. The molecule has 0 aliphatic rings. The zero-order chi connectivity index (χ0) is 20.3. The lowest BCUT2D eigenvalue weighted by molar-refractivity contribution is -0.137. The van der Waals surface area contributed by atoms with Gasteiger partial charge in [-0.15, -0.1) is 0 Å². The number of nitriles is 1. The van der Waals surface area contributed by atoms with Crippen LogP contribution in [0.2, 0.25) is 0 Å². The van der Waals surface area contributed by atoms with Gasteiger partial charge in [-0.05, 0) is 19.4 Å². The van der Waals surface area contributed by atoms with Crippen LogP contribution < -0.4 is 5.32 Å². The summed E-state index contributed by atoms with van der Waals surface area (Å²) in [4.78, 5) is 25.9. The fraction of sp³-hybridized carbons (Fsp3) is 0.278. The van der Waals surface area contributed by atoms with E-state index in [0.717, 1.165) is 12.3 Å². The van der Waals surface area contributed by atoms with E-state index in [0.29, 0.717) is 24.9 Å². The molecule has 0 spiro atoms. The molecule has 0 bridgehead atoms. The average Bonchev–Trinajstić information content (AvgIpc) is 3.07. The van der Waals surface area contributed by atoms with Gasteiger partial charge in [-0.1, -0.05) is 0 Å². The maximum atomic E-state index is 13.0. The lowest BCUT2D eigenvalue weighted by Gasteiger charge is -2.08. The summed E-state index contributed by atoms with van der Waals surface area (Å²) in [6.45, 7) is 1.94. The van der Waals surface area contributed by atoms with Crippen LogP contribution in [0, 0.1) is 11.3 Å². The van der Waals surface area contributed by atoms with Crippen LogP contribution in [-0.4, -0.2) is 32.3 Å². The first-order valence-corrected chi connectivity index (χ1v) is 8.34. The van der Waals surface area contributed by atoms with Gasteiger partial charge in [0.15, 0.2) is 0 Å². The largest absolute Gasteiger partial charge is 0.417 e. The summed E-state index contributed by atoms with van der Waals surface area (Å²) in [6.07, 6.45) is -0.0425. The van der Waals surface area contributed by atoms with Crippen LogP contribution in [0.4, 0.5) is 19.1 Å². The quantitative estimate of drug-likeness (QED) is 0.624. The predicted octanol–water partition coefficient (Wildman–Crippen LogP) is 3.69. The van der Waals surface area contributed by atoms with Gasteiger partial charge in [0, 0.05) is 36.3 Å². The van der Waals surface area contributed by atoms with Crippen LogP contribution >= 0.6 is 0 Å². The highest BCUT2D eigenvalue weighted by molar-refractivity contribution is 5.94. The number of ketones is 1. The Labute approximate surface area is 157 Å². The molecule has 28 heavy (non-hydrogen) atoms. The summed E-state index contributed by atoms with van der Waals surface area (Å²) < 4.78 is 39.1. The normalized spacial score (nSPS) is 11.4. The van der Waals surface area contributed by atoms with Gasteiger partial charge in [0.05, 0.1) is 23.0 Å². The number of carbonyl (C=O) groups excluding carboxylic acids is 1. The van der Waals surface area contributed by atoms with Crippen molar-refractivity contribution in [1.29, 1.82) is 5.26 Å². The molecule has 0 saturated carbocycles. The van der Waals surface area contributed by atoms with Crippen LogP contribution in [0.25, 0.3) is 22.3 Å². The molecule has 10 heteroatoms. The Morgan fingerprint density at radius 2 is 2.11 bits per heavy atom. The zero-order valence-electron chi connectivity index (χ0n) is 14.8. The van der Waals surface area contributed by atoms with Gasteiger partial charge < -0.3 is 15.1 Å². The minimum absolute atomic E-state index is 0.0648. The number of Topliss-reactive ketones (excluding diaryl/α,β-unsaturated/α-hetero) is 1. The van der Waals surface area contributed by atoms with Crippen molar-refractivity contribution in [2.24, 2.45) is 0 Å². The van der Waals surface area contributed by atoms with Crippen molar-refractivity contribution in [1.82, 2.24) is 19.9 Å². The molecule has 3 heterocycles. The number of H-pyrrole nitrogens is 1. The maximum Gasteiger partial charge on any atom is 0.417 e. The van der Waals surface area contributed by atoms with Gasteiger partial charge in [-0.25, -0.2) is 15.0 Å². The van der Waals surface area contributed by atoms with Crippen LogP contribution in [0.15, 0.2) is 24.7 Å². The van der Waals surface area contributed by atoms with E-state index in [2.05, 4.69) is 25.3 Å². The van der Waals surface area contributed by atoms with Crippen molar-refractivity contribution < 1.29 is 18.0 Å². The van der Waals surface area contributed by atoms with Crippen LogP contribution in [0.3, 0.4) is 0 Å². The minimum atomic E-state index is -4.54. The van der Waals surface area contributed by atoms with Gasteiger partial charge >= 0.3 is 6.18 Å². The van der Waals surface area contributed by atoms with E-state index in [1.807, 2.05) is 6.07 Å². The molecule has 0 aromatic carbocycles. The van der Waals surface area contributed by atoms with E-state index in [1.54, 1.807) is 0 Å². The summed E-state index contributed by atoms with van der Waals surface area (Å²) in [5, 5.41) is 12.5. The van der Waals surface area contributed by atoms with Gasteiger partial charge in [-0.3, -0.25) is 0 Å². The van der Waals surface area contributed by atoms with Gasteiger partial charge in [0.25, 0.3) is 0 Å². The first-order chi connectivity index (χ1) is 13.3. The minimum Gasteiger partial charge on any atom is -0.354 e. The Hall–Kier alpha value is -3.48. The van der Waals surface area contributed by atoms with Crippen LogP contribution in [-0.2, 0) is 11.0 Å². The molecule has 0 atom stereocenters. The Bertz CT molecular complexity index is 1070. The molecule has 3 rings (SSSR count). The number of fused-ring (bicyclic) bond motifs is 1. The molecule has 0 fully saturated rings. The van der Waals surface area contributed by atoms with Crippen molar-refractivity contribution in [2.45, 2.75) is 25.9 Å². The molecule has 7 nitrogen and oxygen atoms in total. The summed E-state index contributed by atoms with van der Waals surface area (Å²) in [5.74, 6) is 0.279. The van der Waals surface area contributed by atoms with Crippen molar-refractivity contribution in [3.05, 3.63) is 35.8 Å². The molecule has 0 aliphatic carbocycles. The van der Waals surface area contributed by atoms with Crippen molar-refractivity contribution in [2.75, 3.05) is 11.9 Å². The van der Waals surface area contributed by atoms with Crippen molar-refractivity contribution in [3.8, 4) is 17.3 Å². The number of hydrogen-bond acceptors (Lipinski definition) is 6. The van der Waals surface area contributed by atoms with Crippen molar-refractivity contribution in [3.63, 3.8) is 0 Å². The molecule has 3 aromatic heterocycles. The molecule has 0 amide bonds. The second-order valence-corrected chi connectivity index (χ2v) is 6.12. The summed E-state index contributed by atoms with van der Waals surface area (Å²) in [6, 6.07) is 2.92. The fourth-order valence-electron chi connectivity index (χ4n) is 2.65. The molecule has 144 valence electrons. The molecule has 2 N–H and O–H groups in total. The fourth-order valence-corrected chi connectivity index (χ4v) is 2.65. The van der Waals surface area contributed by atoms with E-state index >= 15 is 0 Å². The average molecular weight is 388 g/mol. The second-order valence-electron chi connectivity index (χ2n) is 6.12. The second kappa shape index (κ2) is 7.64. The zero-order valence-corrected chi connectivity index (χ0v) is 14.8. The van der Waals surface area contributed by atoms with Crippen LogP contribution in [0.1, 0.15) is 30.9 Å². The first kappa shape index (κ1) is 19.3. The highest BCUT2D eigenvalue weighted by Gasteiger charge is 2.31. The SMILES string of the molecule is CC(=O)CCCNc1ncc(C#N)c(-c2c[nH]c3ncc(C(F)(F)F)cc23)n1. The number of rotatable bonds is 6. The number of anilines is 1. The molecule has 3 aromatic rings. The standard InChI is InChI=1S/C18H15F3N6O/c1-10(28)3-2-4-23-17-26-7-11(6-22)15(27-17)14-9-25-16-13(14)5-12(8-24-16)18(19,20)21/h5,7-9H,2-4H2,1H3,(H,24,25)(H,23,26,27). The summed E-state index contributed by atoms with van der Waals surface area (Å²) in [5.41, 5.74) is -0.0108. The number of aromatic amines is 1. The molecule has 0 unspecified atom stereocenters. The lowest BCUT2D eigenvalue weighted by Crippen LogP contribution is -2.08. The highest BCUT2D eigenvalue weighted by Crippen LogP contribution is 2.34. The van der Waals surface area contributed by atoms with E-state index in [4.69, 9.17) is 0 Å². The van der Waals surface area contributed by atoms with Gasteiger partial charge in [0.2, 0.25) is 5.95 Å². The lowest BCUT2D eigenvalue weighted by atomic mass is 10.1. The molecule has 0 saturated heterocycles. The number of nitrogens with one attached hydrogen (secondary N) is 2. The smallest absolute Gasteiger partial charge is 0.354 e. The molecule has 0 aliphatic heterocycles. The molecular formula is C18H15F3N6O. The number of carbonyl (C=O) groups is 1. The summed E-state index contributed by atoms with van der Waals surface area (Å²) in [7, 11) is 0. The highest BCUT2D eigenvalue weighted by atomic mass is 19.4. The molecular weight excluding hydrogens is 373 g/mol. The Kier molecular flexibility index (Phi) is 5.26. The van der Waals surface area contributed by atoms with Gasteiger partial charge in [-0.2, -0.15) is 18.4 Å². The number of halogens is 3. The number of aromatic nitrogens is 4. The number of alkyl halides is 3. The van der Waals surface area contributed by atoms with Crippen LogP contribution in [0.5, 0.6) is 0 Å². The number of hydrogen-bond donors (Lipinski definition) is 2. The third-order valence-electron chi connectivity index (χ3n) is 4.01. The Morgan fingerprint density at radius 1 is 1.32 bits per heavy atom. The first-order valence-electron chi connectivity index (χ1n) is 8.34. The van der Waals surface area contributed by atoms with E-state index in [-0.39, 0.29) is 34.0 Å². The molecule has 0 radical (unpaired) electrons. The number of nitrogens with zero attached hydrogens (tertiary/aromatic N) is 4. The van der Waals surface area contributed by atoms with E-state index in [1.165, 1.54) is 19.3 Å². The summed E-state index contributed by atoms with van der Waals surface area (Å²) >= 11 is 0. The van der Waals surface area contributed by atoms with Crippen molar-refractivity contribution >= 4 is 22.8 Å².